The normalized spacial score (nSPS) is 23.0. The summed E-state index contributed by atoms with van der Waals surface area (Å²) >= 11 is 1.62. The van der Waals surface area contributed by atoms with Gasteiger partial charge in [0, 0.05) is 38.4 Å². The predicted molar refractivity (Wildman–Crippen MR) is 111 cm³/mol. The Labute approximate surface area is 172 Å². The van der Waals surface area contributed by atoms with Gasteiger partial charge in [-0.25, -0.2) is 0 Å². The first-order chi connectivity index (χ1) is 12.2. The Balaban J connectivity index is 0.00000364. The molecule has 156 valence electrons. The largest absolute Gasteiger partial charge is 0.355 e. The van der Waals surface area contributed by atoms with Crippen LogP contribution in [0.25, 0.3) is 0 Å². The van der Waals surface area contributed by atoms with E-state index in [0.717, 1.165) is 12.8 Å². The van der Waals surface area contributed by atoms with Crippen molar-refractivity contribution in [1.82, 2.24) is 15.1 Å². The molecule has 9 heteroatoms. The third kappa shape index (κ3) is 6.84. The Morgan fingerprint density at radius 2 is 1.96 bits per heavy atom. The molecule has 2 heterocycles. The fourth-order valence-electron chi connectivity index (χ4n) is 3.39. The van der Waals surface area contributed by atoms with E-state index >= 15 is 0 Å². The number of likely N-dealkylation sites (tertiary alicyclic amines) is 1. The van der Waals surface area contributed by atoms with Crippen molar-refractivity contribution in [2.45, 2.75) is 46.1 Å². The van der Waals surface area contributed by atoms with Crippen LogP contribution in [0.1, 0.15) is 40.0 Å². The van der Waals surface area contributed by atoms with E-state index in [1.807, 2.05) is 20.8 Å². The predicted octanol–water partition coefficient (Wildman–Crippen LogP) is 1.06. The molecular formula is C18H33ClN4O3S. The molecule has 0 aromatic heterocycles. The number of carbonyl (C=O) groups excluding carboxylic acids is 3. The van der Waals surface area contributed by atoms with Gasteiger partial charge in [-0.2, -0.15) is 0 Å². The highest BCUT2D eigenvalue weighted by molar-refractivity contribution is 7.99. The van der Waals surface area contributed by atoms with E-state index in [-0.39, 0.29) is 41.5 Å². The number of nitrogens with zero attached hydrogens (tertiary/aromatic N) is 2. The molecule has 0 bridgehead atoms. The zero-order valence-electron chi connectivity index (χ0n) is 16.5. The molecule has 2 aliphatic rings. The van der Waals surface area contributed by atoms with E-state index in [4.69, 9.17) is 5.73 Å². The first kappa shape index (κ1) is 24.0. The van der Waals surface area contributed by atoms with Crippen molar-refractivity contribution in [2.24, 2.45) is 17.1 Å². The highest BCUT2D eigenvalue weighted by Gasteiger charge is 2.39. The molecule has 0 spiro atoms. The maximum atomic E-state index is 13.0. The van der Waals surface area contributed by atoms with E-state index in [2.05, 4.69) is 5.32 Å². The van der Waals surface area contributed by atoms with Crippen LogP contribution in [-0.4, -0.2) is 71.4 Å². The molecule has 0 aliphatic carbocycles. The van der Waals surface area contributed by atoms with Gasteiger partial charge < -0.3 is 20.9 Å². The quantitative estimate of drug-likeness (QED) is 0.693. The van der Waals surface area contributed by atoms with E-state index in [1.54, 1.807) is 21.6 Å². The fourth-order valence-corrected chi connectivity index (χ4v) is 4.56. The smallest absolute Gasteiger partial charge is 0.246 e. The molecule has 7 nitrogen and oxygen atoms in total. The summed E-state index contributed by atoms with van der Waals surface area (Å²) < 4.78 is 0. The van der Waals surface area contributed by atoms with Crippen LogP contribution in [0.4, 0.5) is 0 Å². The molecule has 0 aromatic rings. The number of nitrogens with one attached hydrogen (secondary N) is 1. The lowest BCUT2D eigenvalue weighted by molar-refractivity contribution is -0.146. The van der Waals surface area contributed by atoms with Crippen LogP contribution in [0, 0.1) is 11.3 Å². The van der Waals surface area contributed by atoms with Crippen molar-refractivity contribution in [2.75, 3.05) is 37.8 Å². The molecule has 0 saturated carbocycles. The van der Waals surface area contributed by atoms with Crippen LogP contribution in [-0.2, 0) is 14.4 Å². The topological polar surface area (TPSA) is 95.7 Å². The van der Waals surface area contributed by atoms with E-state index in [0.29, 0.717) is 44.2 Å². The average Bonchev–Trinajstić information content (AvgIpc) is 3.07. The van der Waals surface area contributed by atoms with Crippen LogP contribution >= 0.6 is 24.2 Å². The van der Waals surface area contributed by atoms with Crippen molar-refractivity contribution in [1.29, 1.82) is 0 Å². The van der Waals surface area contributed by atoms with Crippen LogP contribution < -0.4 is 11.1 Å². The number of hydrogen-bond donors (Lipinski definition) is 2. The summed E-state index contributed by atoms with van der Waals surface area (Å²) in [7, 11) is 0. The minimum Gasteiger partial charge on any atom is -0.355 e. The number of carbonyl (C=O) groups is 3. The maximum Gasteiger partial charge on any atom is 0.246 e. The summed E-state index contributed by atoms with van der Waals surface area (Å²) in [6.07, 6.45) is 2.02. The van der Waals surface area contributed by atoms with Crippen LogP contribution in [0.2, 0.25) is 0 Å². The van der Waals surface area contributed by atoms with E-state index in [9.17, 15) is 14.4 Å². The SMILES string of the molecule is CC(C)(C)CC(=O)N1CSCC1C(=O)N1CCCC(C(=O)NCCN)C1.Cl. The maximum absolute atomic E-state index is 13.0. The summed E-state index contributed by atoms with van der Waals surface area (Å²) in [6.45, 7) is 8.03. The Kier molecular flexibility index (Phi) is 9.38. The minimum atomic E-state index is -0.402. The second-order valence-corrected chi connectivity index (χ2v) is 9.32. The number of nitrogens with two attached hydrogens (primary N) is 1. The van der Waals surface area contributed by atoms with Crippen molar-refractivity contribution in [3.05, 3.63) is 0 Å². The number of hydrogen-bond acceptors (Lipinski definition) is 5. The van der Waals surface area contributed by atoms with E-state index in [1.165, 1.54) is 0 Å². The standard InChI is InChI=1S/C18H32N4O3S.ClH/c1-18(2,3)9-15(23)22-12-26-11-14(22)17(25)21-8-4-5-13(10-21)16(24)20-7-6-19;/h13-14H,4-12,19H2,1-3H3,(H,20,24);1H. The van der Waals surface area contributed by atoms with Crippen molar-refractivity contribution in [3.63, 3.8) is 0 Å². The molecule has 2 saturated heterocycles. The van der Waals surface area contributed by atoms with Crippen LogP contribution in [0.15, 0.2) is 0 Å². The summed E-state index contributed by atoms with van der Waals surface area (Å²) in [4.78, 5) is 41.3. The second-order valence-electron chi connectivity index (χ2n) is 8.32. The minimum absolute atomic E-state index is 0. The van der Waals surface area contributed by atoms with Gasteiger partial charge in [-0.3, -0.25) is 14.4 Å². The summed E-state index contributed by atoms with van der Waals surface area (Å²) in [5.74, 6) is 1.000. The number of thioether (sulfide) groups is 1. The Morgan fingerprint density at radius 1 is 1.26 bits per heavy atom. The number of piperidine rings is 1. The molecule has 2 atom stereocenters. The van der Waals surface area contributed by atoms with Gasteiger partial charge in [0.05, 0.1) is 11.8 Å². The molecule has 0 aromatic carbocycles. The molecule has 2 fully saturated rings. The first-order valence-electron chi connectivity index (χ1n) is 9.36. The molecule has 0 radical (unpaired) electrons. The summed E-state index contributed by atoms with van der Waals surface area (Å²) in [5, 5.41) is 2.81. The number of rotatable bonds is 5. The Hall–Kier alpha value is -0.990. The van der Waals surface area contributed by atoms with Gasteiger partial charge in [0.2, 0.25) is 17.7 Å². The van der Waals surface area contributed by atoms with Crippen molar-refractivity contribution in [3.8, 4) is 0 Å². The van der Waals surface area contributed by atoms with Gasteiger partial charge in [-0.15, -0.1) is 24.2 Å². The lowest BCUT2D eigenvalue weighted by Gasteiger charge is -2.35. The zero-order chi connectivity index (χ0) is 19.3. The lowest BCUT2D eigenvalue weighted by Crippen LogP contribution is -2.53. The fraction of sp³-hybridized carbons (Fsp3) is 0.833. The van der Waals surface area contributed by atoms with Gasteiger partial charge in [0.1, 0.15) is 6.04 Å². The van der Waals surface area contributed by atoms with Crippen molar-refractivity contribution >= 4 is 41.9 Å². The van der Waals surface area contributed by atoms with E-state index < -0.39 is 6.04 Å². The third-order valence-electron chi connectivity index (χ3n) is 4.72. The second kappa shape index (κ2) is 10.5. The first-order valence-corrected chi connectivity index (χ1v) is 10.5. The number of halogens is 1. The highest BCUT2D eigenvalue weighted by atomic mass is 35.5. The van der Waals surface area contributed by atoms with Gasteiger partial charge in [-0.05, 0) is 18.3 Å². The molecule has 3 amide bonds. The molecule has 2 rings (SSSR count). The monoisotopic (exact) mass is 420 g/mol. The summed E-state index contributed by atoms with van der Waals surface area (Å²) in [5.41, 5.74) is 5.33. The Morgan fingerprint density at radius 3 is 2.59 bits per heavy atom. The molecule has 27 heavy (non-hydrogen) atoms. The zero-order valence-corrected chi connectivity index (χ0v) is 18.2. The van der Waals surface area contributed by atoms with Crippen LogP contribution in [0.3, 0.4) is 0 Å². The van der Waals surface area contributed by atoms with Crippen LogP contribution in [0.5, 0.6) is 0 Å². The molecule has 2 unspecified atom stereocenters. The summed E-state index contributed by atoms with van der Waals surface area (Å²) in [6, 6.07) is -0.402. The average molecular weight is 421 g/mol. The van der Waals surface area contributed by atoms with Gasteiger partial charge in [0.25, 0.3) is 0 Å². The van der Waals surface area contributed by atoms with Gasteiger partial charge in [0.15, 0.2) is 0 Å². The van der Waals surface area contributed by atoms with Gasteiger partial charge in [-0.1, -0.05) is 20.8 Å². The van der Waals surface area contributed by atoms with Gasteiger partial charge >= 0.3 is 0 Å². The lowest BCUT2D eigenvalue weighted by atomic mass is 9.91. The molecule has 2 aliphatic heterocycles. The van der Waals surface area contributed by atoms with Crippen molar-refractivity contribution < 1.29 is 14.4 Å². The number of amides is 3. The molecule has 3 N–H and O–H groups in total. The Bertz CT molecular complexity index is 541. The third-order valence-corrected chi connectivity index (χ3v) is 5.73. The highest BCUT2D eigenvalue weighted by Crippen LogP contribution is 2.28. The molecular weight excluding hydrogens is 388 g/mol.